The number of hydrogen-bond acceptors (Lipinski definition) is 9. The molecule has 0 N–H and O–H groups in total. The summed E-state index contributed by atoms with van der Waals surface area (Å²) in [5, 5.41) is 2.24. The molecule has 0 aliphatic carbocycles. The average Bonchev–Trinajstić information content (AvgIpc) is 3.46. The van der Waals surface area contributed by atoms with E-state index < -0.39 is 0 Å². The van der Waals surface area contributed by atoms with E-state index >= 15 is 0 Å². The predicted molar refractivity (Wildman–Crippen MR) is 149 cm³/mol. The summed E-state index contributed by atoms with van der Waals surface area (Å²) in [6, 6.07) is 16.9. The van der Waals surface area contributed by atoms with Crippen LogP contribution in [0.15, 0.2) is 48.5 Å². The van der Waals surface area contributed by atoms with Crippen molar-refractivity contribution >= 4 is 76.9 Å². The summed E-state index contributed by atoms with van der Waals surface area (Å²) in [6.45, 7) is 5.54. The number of aromatic nitrogens is 2. The van der Waals surface area contributed by atoms with Gasteiger partial charge in [0.2, 0.25) is 0 Å². The van der Waals surface area contributed by atoms with Gasteiger partial charge in [-0.25, -0.2) is 9.97 Å². The molecule has 3 heterocycles. The minimum Gasteiger partial charge on any atom is -0.380 e. The summed E-state index contributed by atoms with van der Waals surface area (Å²) in [5.74, 6) is 4.26. The molecule has 2 aromatic carbocycles. The molecule has 1 aliphatic heterocycles. The Kier molecular flexibility index (Phi) is 8.27. The van der Waals surface area contributed by atoms with E-state index in [-0.39, 0.29) is 0 Å². The highest BCUT2D eigenvalue weighted by atomic mass is 32.2. The van der Waals surface area contributed by atoms with E-state index in [0.29, 0.717) is 0 Å². The highest BCUT2D eigenvalue weighted by Gasteiger charge is 2.17. The highest BCUT2D eigenvalue weighted by molar-refractivity contribution is 7.99. The van der Waals surface area contributed by atoms with Crippen LogP contribution in [0.25, 0.3) is 20.4 Å². The van der Waals surface area contributed by atoms with Crippen LogP contribution in [-0.4, -0.2) is 72.4 Å². The average molecular weight is 517 g/mol. The molecule has 2 aromatic heterocycles. The van der Waals surface area contributed by atoms with E-state index in [4.69, 9.17) is 14.7 Å². The zero-order valence-corrected chi connectivity index (χ0v) is 21.8. The second-order valence-electron chi connectivity index (χ2n) is 7.74. The zero-order valence-electron chi connectivity index (χ0n) is 18.5. The van der Waals surface area contributed by atoms with E-state index in [0.717, 1.165) is 83.7 Å². The summed E-state index contributed by atoms with van der Waals surface area (Å²) in [5.41, 5.74) is 2.18. The van der Waals surface area contributed by atoms with E-state index in [1.165, 1.54) is 9.40 Å². The van der Waals surface area contributed by atoms with Crippen molar-refractivity contribution in [1.82, 2.24) is 9.97 Å². The van der Waals surface area contributed by atoms with Gasteiger partial charge in [-0.2, -0.15) is 23.5 Å². The molecule has 0 spiro atoms. The Hall–Kier alpha value is -1.52. The summed E-state index contributed by atoms with van der Waals surface area (Å²) >= 11 is 7.54. The number of rotatable bonds is 2. The van der Waals surface area contributed by atoms with Gasteiger partial charge < -0.3 is 14.5 Å². The Bertz CT molecular complexity index is 1010. The molecule has 0 saturated carbocycles. The predicted octanol–water partition coefficient (Wildman–Crippen LogP) is 5.72. The van der Waals surface area contributed by atoms with Crippen LogP contribution in [0.5, 0.6) is 0 Å². The molecule has 4 aromatic rings. The maximum absolute atomic E-state index is 5.82. The lowest BCUT2D eigenvalue weighted by Crippen LogP contribution is -2.37. The SMILES string of the molecule is c1ccc2sc(N3CCSCCOCCSCCN(c4nc5ccccc5s4)CC3)nc2c1. The van der Waals surface area contributed by atoms with Crippen molar-refractivity contribution in [3.63, 3.8) is 0 Å². The van der Waals surface area contributed by atoms with Gasteiger partial charge in [0.15, 0.2) is 10.3 Å². The van der Waals surface area contributed by atoms with Crippen LogP contribution in [0, 0.1) is 0 Å². The molecule has 0 atom stereocenters. The number of anilines is 2. The number of benzene rings is 2. The van der Waals surface area contributed by atoms with Crippen LogP contribution in [0.3, 0.4) is 0 Å². The van der Waals surface area contributed by atoms with E-state index in [9.17, 15) is 0 Å². The first-order valence-corrected chi connectivity index (χ1v) is 15.3. The number of para-hydroxylation sites is 2. The number of thioether (sulfide) groups is 2. The van der Waals surface area contributed by atoms with Crippen molar-refractivity contribution in [2.75, 3.05) is 72.2 Å². The van der Waals surface area contributed by atoms with Gasteiger partial charge in [-0.3, -0.25) is 0 Å². The Labute approximate surface area is 211 Å². The number of ether oxygens (including phenoxy) is 1. The molecule has 1 aliphatic rings. The normalized spacial score (nSPS) is 17.8. The monoisotopic (exact) mass is 516 g/mol. The minimum atomic E-state index is 0.837. The van der Waals surface area contributed by atoms with Crippen LogP contribution >= 0.6 is 46.2 Å². The Morgan fingerprint density at radius 1 is 0.606 bits per heavy atom. The van der Waals surface area contributed by atoms with Gasteiger partial charge in [0.25, 0.3) is 0 Å². The fourth-order valence-electron chi connectivity index (χ4n) is 3.73. The molecule has 0 amide bonds. The third-order valence-corrected chi connectivity index (χ3v) is 9.55. The zero-order chi connectivity index (χ0) is 22.3. The maximum Gasteiger partial charge on any atom is 0.186 e. The smallest absolute Gasteiger partial charge is 0.186 e. The van der Waals surface area contributed by atoms with Crippen LogP contribution in [0.1, 0.15) is 0 Å². The van der Waals surface area contributed by atoms with Crippen molar-refractivity contribution in [3.05, 3.63) is 48.5 Å². The second-order valence-corrected chi connectivity index (χ2v) is 12.2. The fraction of sp³-hybridized carbons (Fsp3) is 0.417. The van der Waals surface area contributed by atoms with Gasteiger partial charge in [-0.15, -0.1) is 0 Å². The fourth-order valence-corrected chi connectivity index (χ4v) is 7.34. The molecule has 0 bridgehead atoms. The van der Waals surface area contributed by atoms with Gasteiger partial charge in [0, 0.05) is 49.2 Å². The van der Waals surface area contributed by atoms with Gasteiger partial charge >= 0.3 is 0 Å². The first-order chi connectivity index (χ1) is 16.4. The maximum atomic E-state index is 5.82. The summed E-state index contributed by atoms with van der Waals surface area (Å²) in [6.07, 6.45) is 0. The Morgan fingerprint density at radius 3 is 1.58 bits per heavy atom. The van der Waals surface area contributed by atoms with Crippen molar-refractivity contribution in [2.45, 2.75) is 0 Å². The largest absolute Gasteiger partial charge is 0.380 e. The van der Waals surface area contributed by atoms with Crippen molar-refractivity contribution in [3.8, 4) is 0 Å². The molecular formula is C24H28N4OS4. The van der Waals surface area contributed by atoms with Crippen molar-refractivity contribution in [2.24, 2.45) is 0 Å². The van der Waals surface area contributed by atoms with Gasteiger partial charge in [0.1, 0.15) is 0 Å². The van der Waals surface area contributed by atoms with E-state index in [1.54, 1.807) is 22.7 Å². The molecule has 0 unspecified atom stereocenters. The quantitative estimate of drug-likeness (QED) is 0.338. The van der Waals surface area contributed by atoms with E-state index in [2.05, 4.69) is 58.3 Å². The lowest BCUT2D eigenvalue weighted by molar-refractivity contribution is 0.167. The van der Waals surface area contributed by atoms with Gasteiger partial charge in [-0.05, 0) is 24.3 Å². The minimum absolute atomic E-state index is 0.837. The standard InChI is InChI=1S/C24H28N4OS4/c1-3-7-21-19(5-1)25-23(32-21)27-9-10-28(24-26-20-6-2-4-8-22(20)33-24)12-16-31-18-14-29-13-17-30-15-11-27/h1-8H,9-18H2. The summed E-state index contributed by atoms with van der Waals surface area (Å²) < 4.78 is 8.33. The van der Waals surface area contributed by atoms with Crippen molar-refractivity contribution in [1.29, 1.82) is 0 Å². The Morgan fingerprint density at radius 2 is 1.09 bits per heavy atom. The molecule has 1 saturated heterocycles. The summed E-state index contributed by atoms with van der Waals surface area (Å²) in [4.78, 5) is 14.8. The Balaban J connectivity index is 1.37. The van der Waals surface area contributed by atoms with Gasteiger partial charge in [0.05, 0.1) is 33.6 Å². The molecular weight excluding hydrogens is 489 g/mol. The lowest BCUT2D eigenvalue weighted by atomic mass is 10.3. The number of nitrogens with zero attached hydrogens (tertiary/aromatic N) is 4. The topological polar surface area (TPSA) is 41.5 Å². The molecule has 33 heavy (non-hydrogen) atoms. The lowest BCUT2D eigenvalue weighted by Gasteiger charge is -2.27. The molecule has 9 heteroatoms. The summed E-state index contributed by atoms with van der Waals surface area (Å²) in [7, 11) is 0. The van der Waals surface area contributed by atoms with Crippen LogP contribution in [0.4, 0.5) is 10.3 Å². The molecule has 5 rings (SSSR count). The molecule has 1 fully saturated rings. The van der Waals surface area contributed by atoms with Crippen LogP contribution < -0.4 is 9.80 Å². The van der Waals surface area contributed by atoms with E-state index in [1.807, 2.05) is 23.5 Å². The number of fused-ring (bicyclic) bond motifs is 2. The van der Waals surface area contributed by atoms with Crippen molar-refractivity contribution < 1.29 is 4.74 Å². The first-order valence-electron chi connectivity index (χ1n) is 11.3. The number of hydrogen-bond donors (Lipinski definition) is 0. The third-order valence-electron chi connectivity index (χ3n) is 5.50. The third kappa shape index (κ3) is 6.14. The second kappa shape index (κ2) is 11.8. The number of thiazole rings is 2. The van der Waals surface area contributed by atoms with Gasteiger partial charge in [-0.1, -0.05) is 46.9 Å². The van der Waals surface area contributed by atoms with Crippen LogP contribution in [0.2, 0.25) is 0 Å². The first kappa shape index (κ1) is 23.2. The molecule has 174 valence electrons. The highest BCUT2D eigenvalue weighted by Crippen LogP contribution is 2.31. The van der Waals surface area contributed by atoms with Crippen LogP contribution in [-0.2, 0) is 4.74 Å². The molecule has 5 nitrogen and oxygen atoms in total. The molecule has 0 radical (unpaired) electrons.